The first-order valence-electron chi connectivity index (χ1n) is 13.4. The molecule has 4 aromatic heterocycles. The second kappa shape index (κ2) is 10.4. The van der Waals surface area contributed by atoms with Crippen LogP contribution in [0, 0.1) is 30.6 Å². The zero-order chi connectivity index (χ0) is 29.8. The smallest absolute Gasteiger partial charge is 0.248 e. The van der Waals surface area contributed by atoms with Crippen molar-refractivity contribution in [2.75, 3.05) is 5.32 Å². The third-order valence-electron chi connectivity index (χ3n) is 8.08. The molecule has 12 nitrogen and oxygen atoms in total. The number of carbonyl (C=O) groups is 3. The molecule has 4 aromatic rings. The highest BCUT2D eigenvalue weighted by molar-refractivity contribution is 9.10. The first-order valence-corrected chi connectivity index (χ1v) is 14.2. The van der Waals surface area contributed by atoms with E-state index < -0.39 is 11.5 Å². The van der Waals surface area contributed by atoms with Gasteiger partial charge in [0.1, 0.15) is 34.5 Å². The number of hydrogen-bond donors (Lipinski definition) is 1. The van der Waals surface area contributed by atoms with Crippen LogP contribution in [0.3, 0.4) is 0 Å². The molecule has 1 aliphatic carbocycles. The number of nitrogens with one attached hydrogen (secondary N) is 1. The molecule has 0 aromatic carbocycles. The van der Waals surface area contributed by atoms with Crippen LogP contribution < -0.4 is 5.32 Å². The Morgan fingerprint density at radius 2 is 1.90 bits per heavy atom. The standard InChI is InChI=1S/C29H26BrN9O3/c1-15-4-5-24(30)35-27(15)36-28(42)21-9-29(6-7-31)10-23(29)39(21)25(41)14-38-22-13-34-20(18-11-32-17(3)33-12-18)8-19(22)26(37-38)16(2)40/h4-5,8,11-13,21,23H,6,9-10,14H2,1-3H3,(H,35,36,42)/t21-,23+,29-/m1/s1. The number of halogens is 1. The Bertz CT molecular complexity index is 1810. The van der Waals surface area contributed by atoms with Crippen molar-refractivity contribution >= 4 is 50.2 Å². The van der Waals surface area contributed by atoms with Gasteiger partial charge in [-0.3, -0.25) is 24.0 Å². The van der Waals surface area contributed by atoms with Crippen molar-refractivity contribution in [3.05, 3.63) is 58.5 Å². The molecule has 212 valence electrons. The molecule has 0 unspecified atom stereocenters. The molecule has 1 N–H and O–H groups in total. The van der Waals surface area contributed by atoms with Crippen molar-refractivity contribution < 1.29 is 14.4 Å². The quantitative estimate of drug-likeness (QED) is 0.237. The van der Waals surface area contributed by atoms with E-state index in [1.165, 1.54) is 11.6 Å². The lowest BCUT2D eigenvalue weighted by atomic mass is 9.96. The number of likely N-dealkylation sites (tertiary alicyclic amines) is 1. The van der Waals surface area contributed by atoms with E-state index in [0.717, 1.165) is 5.56 Å². The molecule has 2 amide bonds. The van der Waals surface area contributed by atoms with Crippen LogP contribution in [-0.2, 0) is 16.1 Å². The summed E-state index contributed by atoms with van der Waals surface area (Å²) in [7, 11) is 0. The number of Topliss-reactive ketones (excluding diaryl/α,β-unsaturated/α-hetero) is 1. The van der Waals surface area contributed by atoms with E-state index in [1.807, 2.05) is 13.0 Å². The fraction of sp³-hybridized carbons (Fsp3) is 0.345. The van der Waals surface area contributed by atoms with Gasteiger partial charge >= 0.3 is 0 Å². The number of carbonyl (C=O) groups excluding carboxylic acids is 3. The number of rotatable bonds is 7. The van der Waals surface area contributed by atoms with E-state index in [9.17, 15) is 19.6 Å². The predicted molar refractivity (Wildman–Crippen MR) is 155 cm³/mol. The number of nitrogens with zero attached hydrogens (tertiary/aromatic N) is 8. The van der Waals surface area contributed by atoms with Crippen LogP contribution >= 0.6 is 15.9 Å². The molecule has 1 saturated heterocycles. The molecule has 1 saturated carbocycles. The number of anilines is 1. The van der Waals surface area contributed by atoms with Gasteiger partial charge in [-0.25, -0.2) is 15.0 Å². The van der Waals surface area contributed by atoms with Crippen LogP contribution in [0.1, 0.15) is 48.1 Å². The van der Waals surface area contributed by atoms with Gasteiger partial charge < -0.3 is 10.2 Å². The Hall–Kier alpha value is -4.57. The summed E-state index contributed by atoms with van der Waals surface area (Å²) in [5, 5.41) is 17.4. The van der Waals surface area contributed by atoms with Gasteiger partial charge in [0.05, 0.1) is 23.5 Å². The van der Waals surface area contributed by atoms with E-state index in [4.69, 9.17) is 0 Å². The zero-order valence-corrected chi connectivity index (χ0v) is 24.7. The van der Waals surface area contributed by atoms with Crippen molar-refractivity contribution in [2.24, 2.45) is 5.41 Å². The molecular weight excluding hydrogens is 602 g/mol. The second-order valence-electron chi connectivity index (χ2n) is 10.9. The van der Waals surface area contributed by atoms with Crippen LogP contribution in [0.5, 0.6) is 0 Å². The maximum absolute atomic E-state index is 13.9. The highest BCUT2D eigenvalue weighted by Gasteiger charge is 2.67. The minimum absolute atomic E-state index is 0.199. The average Bonchev–Trinajstić information content (AvgIpc) is 3.36. The maximum atomic E-state index is 13.9. The third-order valence-corrected chi connectivity index (χ3v) is 8.52. The fourth-order valence-corrected chi connectivity index (χ4v) is 6.11. The summed E-state index contributed by atoms with van der Waals surface area (Å²) >= 11 is 3.33. The van der Waals surface area contributed by atoms with Crippen LogP contribution in [0.2, 0.25) is 0 Å². The predicted octanol–water partition coefficient (Wildman–Crippen LogP) is 3.78. The number of nitriles is 1. The van der Waals surface area contributed by atoms with Gasteiger partial charge in [-0.2, -0.15) is 10.4 Å². The van der Waals surface area contributed by atoms with Gasteiger partial charge in [0, 0.05) is 48.1 Å². The molecule has 2 aliphatic rings. The van der Waals surface area contributed by atoms with Gasteiger partial charge in [-0.1, -0.05) is 6.07 Å². The zero-order valence-electron chi connectivity index (χ0n) is 23.1. The van der Waals surface area contributed by atoms with E-state index in [1.54, 1.807) is 42.5 Å². The largest absolute Gasteiger partial charge is 0.325 e. The fourth-order valence-electron chi connectivity index (χ4n) is 5.80. The summed E-state index contributed by atoms with van der Waals surface area (Å²) in [6, 6.07) is 6.59. The lowest BCUT2D eigenvalue weighted by Gasteiger charge is -2.27. The summed E-state index contributed by atoms with van der Waals surface area (Å²) in [6.45, 7) is 4.84. The Balaban J connectivity index is 1.31. The van der Waals surface area contributed by atoms with Gasteiger partial charge in [-0.05, 0) is 60.3 Å². The van der Waals surface area contributed by atoms with Crippen LogP contribution in [0.4, 0.5) is 5.82 Å². The lowest BCUT2D eigenvalue weighted by Crippen LogP contribution is -2.47. The van der Waals surface area contributed by atoms with E-state index in [-0.39, 0.29) is 42.3 Å². The third kappa shape index (κ3) is 4.81. The Labute approximate surface area is 249 Å². The molecule has 42 heavy (non-hydrogen) atoms. The Morgan fingerprint density at radius 3 is 2.62 bits per heavy atom. The van der Waals surface area contributed by atoms with Crippen molar-refractivity contribution in [3.8, 4) is 17.3 Å². The minimum atomic E-state index is -0.773. The molecule has 3 atom stereocenters. The highest BCUT2D eigenvalue weighted by Crippen LogP contribution is 2.61. The number of aryl methyl sites for hydroxylation is 2. The first kappa shape index (κ1) is 27.6. The number of fused-ring (bicyclic) bond motifs is 2. The number of amides is 2. The highest BCUT2D eigenvalue weighted by atomic mass is 79.9. The Kier molecular flexibility index (Phi) is 6.81. The Morgan fingerprint density at radius 1 is 1.14 bits per heavy atom. The molecule has 13 heteroatoms. The van der Waals surface area contributed by atoms with Crippen molar-refractivity contribution in [3.63, 3.8) is 0 Å². The normalized spacial score (nSPS) is 20.7. The molecular formula is C29H26BrN9O3. The van der Waals surface area contributed by atoms with Crippen molar-refractivity contribution in [1.82, 2.24) is 34.6 Å². The molecule has 0 radical (unpaired) electrons. The monoisotopic (exact) mass is 627 g/mol. The van der Waals surface area contributed by atoms with Crippen molar-refractivity contribution in [1.29, 1.82) is 5.26 Å². The summed E-state index contributed by atoms with van der Waals surface area (Å²) in [6.07, 6.45) is 6.19. The summed E-state index contributed by atoms with van der Waals surface area (Å²) in [4.78, 5) is 58.9. The van der Waals surface area contributed by atoms with Crippen molar-refractivity contribution in [2.45, 2.75) is 58.7 Å². The number of piperidine rings is 1. The molecule has 5 heterocycles. The van der Waals surface area contributed by atoms with Crippen LogP contribution in [0.15, 0.2) is 41.4 Å². The van der Waals surface area contributed by atoms with E-state index in [0.29, 0.717) is 51.2 Å². The van der Waals surface area contributed by atoms with E-state index >= 15 is 0 Å². The number of hydrogen-bond acceptors (Lipinski definition) is 9. The number of ketones is 1. The second-order valence-corrected chi connectivity index (χ2v) is 11.7. The molecule has 2 fully saturated rings. The van der Waals surface area contributed by atoms with Crippen LogP contribution in [0.25, 0.3) is 22.2 Å². The maximum Gasteiger partial charge on any atom is 0.248 e. The van der Waals surface area contributed by atoms with Gasteiger partial charge in [0.15, 0.2) is 5.78 Å². The topological polar surface area (TPSA) is 160 Å². The SMILES string of the molecule is CC(=O)c1nn(CC(=O)N2[C@@H](C(=O)Nc3nc(Br)ccc3C)C[C@]3(CC#N)C[C@H]23)c2cnc(-c3cnc(C)nc3)cc12. The summed E-state index contributed by atoms with van der Waals surface area (Å²) < 4.78 is 2.03. The van der Waals surface area contributed by atoms with Crippen LogP contribution in [-0.4, -0.2) is 64.3 Å². The number of pyridine rings is 2. The lowest BCUT2D eigenvalue weighted by molar-refractivity contribution is -0.138. The summed E-state index contributed by atoms with van der Waals surface area (Å²) in [5.41, 5.74) is 2.36. The van der Waals surface area contributed by atoms with Gasteiger partial charge in [0.25, 0.3) is 0 Å². The first-order chi connectivity index (χ1) is 20.1. The molecule has 1 aliphatic heterocycles. The molecule has 6 rings (SSSR count). The molecule has 0 bridgehead atoms. The van der Waals surface area contributed by atoms with E-state index in [2.05, 4.69) is 52.4 Å². The average molecular weight is 628 g/mol. The van der Waals surface area contributed by atoms with Gasteiger partial charge in [-0.15, -0.1) is 0 Å². The molecule has 0 spiro atoms. The van der Waals surface area contributed by atoms with Gasteiger partial charge in [0.2, 0.25) is 11.8 Å². The minimum Gasteiger partial charge on any atom is -0.325 e. The number of aromatic nitrogens is 6. The summed E-state index contributed by atoms with van der Waals surface area (Å²) in [5.74, 6) is 0.0903.